The number of ether oxygens (including phenoxy) is 1. The van der Waals surface area contributed by atoms with E-state index in [0.717, 1.165) is 23.5 Å². The molecule has 0 spiro atoms. The van der Waals surface area contributed by atoms with Crippen LogP contribution >= 0.6 is 11.6 Å². The number of nitrogens with zero attached hydrogens (tertiary/aromatic N) is 2. The van der Waals surface area contributed by atoms with E-state index in [1.807, 2.05) is 0 Å². The molecule has 1 aromatic heterocycles. The van der Waals surface area contributed by atoms with Gasteiger partial charge in [0.1, 0.15) is 5.69 Å². The second-order valence-electron chi connectivity index (χ2n) is 8.02. The number of hydrogen-bond acceptors (Lipinski definition) is 2. The third-order valence-electron chi connectivity index (χ3n) is 5.40. The van der Waals surface area contributed by atoms with Gasteiger partial charge in [0.2, 0.25) is 5.88 Å². The molecule has 1 fully saturated rings. The average Bonchev–Trinajstić information content (AvgIpc) is 3.50. The number of alkyl halides is 3. The molecule has 0 unspecified atom stereocenters. The molecule has 168 valence electrons. The molecule has 1 saturated carbocycles. The van der Waals surface area contributed by atoms with Crippen molar-refractivity contribution in [3.63, 3.8) is 0 Å². The van der Waals surface area contributed by atoms with Crippen molar-refractivity contribution in [2.45, 2.75) is 25.6 Å². The lowest BCUT2D eigenvalue weighted by atomic mass is 10.1. The Balaban J connectivity index is 1.80. The predicted molar refractivity (Wildman–Crippen MR) is 117 cm³/mol. The summed E-state index contributed by atoms with van der Waals surface area (Å²) >= 11 is 5.96. The highest BCUT2D eigenvalue weighted by atomic mass is 35.5. The molecule has 3 aromatic rings. The van der Waals surface area contributed by atoms with Crippen molar-refractivity contribution in [3.05, 3.63) is 76.9 Å². The van der Waals surface area contributed by atoms with Gasteiger partial charge in [0.25, 0.3) is 0 Å². The Morgan fingerprint density at radius 2 is 1.78 bits per heavy atom. The molecule has 4 rings (SSSR count). The molecule has 4 nitrogen and oxygen atoms in total. The summed E-state index contributed by atoms with van der Waals surface area (Å²) in [6, 6.07) is 16.2. The highest BCUT2D eigenvalue weighted by molar-refractivity contribution is 6.30. The van der Waals surface area contributed by atoms with E-state index >= 15 is 0 Å². The first-order chi connectivity index (χ1) is 15.2. The number of halogens is 4. The first-order valence-electron chi connectivity index (χ1n) is 10.3. The predicted octanol–water partition coefficient (Wildman–Crippen LogP) is 6.72. The molecule has 32 heavy (non-hydrogen) atoms. The monoisotopic (exact) mass is 462 g/mol. The first kappa shape index (κ1) is 22.3. The molecule has 8 heteroatoms. The van der Waals surface area contributed by atoms with Crippen molar-refractivity contribution < 1.29 is 22.7 Å². The van der Waals surface area contributed by atoms with Crippen LogP contribution < -0.4 is 4.74 Å². The van der Waals surface area contributed by atoms with Gasteiger partial charge in [-0.2, -0.15) is 13.2 Å². The van der Waals surface area contributed by atoms with Gasteiger partial charge in [0.05, 0.1) is 6.54 Å². The molecule has 0 bridgehead atoms. The number of benzene rings is 2. The number of carbonyl (C=O) groups excluding carboxylic acids is 1. The molecule has 0 aliphatic heterocycles. The van der Waals surface area contributed by atoms with E-state index in [4.69, 9.17) is 16.3 Å². The summed E-state index contributed by atoms with van der Waals surface area (Å²) in [6.45, 7) is 0.416. The maximum Gasteiger partial charge on any atom is 0.431 e. The zero-order valence-electron chi connectivity index (χ0n) is 17.4. The molecule has 2 aromatic carbocycles. The summed E-state index contributed by atoms with van der Waals surface area (Å²) in [7, 11) is 1.60. The van der Waals surface area contributed by atoms with E-state index in [-0.39, 0.29) is 18.0 Å². The Morgan fingerprint density at radius 1 is 1.12 bits per heavy atom. The lowest BCUT2D eigenvalue weighted by molar-refractivity contribution is -0.143. The topological polar surface area (TPSA) is 34.5 Å². The van der Waals surface area contributed by atoms with Crippen molar-refractivity contribution in [2.24, 2.45) is 5.92 Å². The van der Waals surface area contributed by atoms with Gasteiger partial charge in [0.15, 0.2) is 0 Å². The Kier molecular flexibility index (Phi) is 6.20. The quantitative estimate of drug-likeness (QED) is 0.407. The molecule has 0 saturated heterocycles. The molecule has 0 atom stereocenters. The van der Waals surface area contributed by atoms with Gasteiger partial charge in [-0.05, 0) is 48.1 Å². The van der Waals surface area contributed by atoms with Gasteiger partial charge < -0.3 is 14.2 Å². The number of rotatable bonds is 6. The van der Waals surface area contributed by atoms with Gasteiger partial charge >= 0.3 is 12.3 Å². The van der Waals surface area contributed by atoms with E-state index in [1.165, 1.54) is 4.90 Å². The minimum absolute atomic E-state index is 0.0990. The normalized spacial score (nSPS) is 13.8. The number of amides is 1. The fourth-order valence-corrected chi connectivity index (χ4v) is 3.68. The summed E-state index contributed by atoms with van der Waals surface area (Å²) in [5.41, 5.74) is 0.413. The number of carbonyl (C=O) groups is 1. The van der Waals surface area contributed by atoms with Crippen LogP contribution in [0.4, 0.5) is 18.0 Å². The van der Waals surface area contributed by atoms with E-state index in [0.29, 0.717) is 28.6 Å². The van der Waals surface area contributed by atoms with Crippen molar-refractivity contribution in [3.8, 4) is 17.0 Å². The van der Waals surface area contributed by atoms with Gasteiger partial charge in [-0.15, -0.1) is 0 Å². The number of aromatic nitrogens is 1. The highest BCUT2D eigenvalue weighted by Crippen LogP contribution is 2.42. The Labute approximate surface area is 189 Å². The van der Waals surface area contributed by atoms with E-state index in [9.17, 15) is 18.0 Å². The Hall–Kier alpha value is -2.93. The van der Waals surface area contributed by atoms with Crippen molar-refractivity contribution in [1.29, 1.82) is 0 Å². The lowest BCUT2D eigenvalue weighted by Crippen LogP contribution is -2.32. The average molecular weight is 463 g/mol. The third kappa shape index (κ3) is 5.10. The maximum absolute atomic E-state index is 14.0. The zero-order valence-corrected chi connectivity index (χ0v) is 18.2. The largest absolute Gasteiger partial charge is 0.431 e. The zero-order chi connectivity index (χ0) is 22.9. The first-order valence-corrected chi connectivity index (χ1v) is 10.6. The molecular weight excluding hydrogens is 441 g/mol. The molecule has 1 aliphatic carbocycles. The molecule has 0 radical (unpaired) electrons. The van der Waals surface area contributed by atoms with Crippen LogP contribution in [0.3, 0.4) is 0 Å². The van der Waals surface area contributed by atoms with Crippen LogP contribution in [0, 0.1) is 5.92 Å². The lowest BCUT2D eigenvalue weighted by Gasteiger charge is -2.20. The Morgan fingerprint density at radius 3 is 2.38 bits per heavy atom. The van der Waals surface area contributed by atoms with Crippen LogP contribution in [0.1, 0.15) is 24.1 Å². The second kappa shape index (κ2) is 8.90. The fraction of sp³-hybridized carbons (Fsp3) is 0.292. The van der Waals surface area contributed by atoms with Crippen LogP contribution in [0.5, 0.6) is 5.88 Å². The SMILES string of the molecule is CN(CC1CC1)C(=O)Oc1c(-c2ccc(Cl)cc2)cc(C(F)(F)F)n1Cc1ccccc1. The molecule has 1 aliphatic rings. The van der Waals surface area contributed by atoms with Crippen LogP contribution in [0.25, 0.3) is 11.1 Å². The summed E-state index contributed by atoms with van der Waals surface area (Å²) in [6.07, 6.45) is -3.25. The van der Waals surface area contributed by atoms with Gasteiger partial charge in [0, 0.05) is 24.2 Å². The van der Waals surface area contributed by atoms with Crippen molar-refractivity contribution in [1.82, 2.24) is 9.47 Å². The molecule has 0 N–H and O–H groups in total. The van der Waals surface area contributed by atoms with Gasteiger partial charge in [-0.1, -0.05) is 54.1 Å². The van der Waals surface area contributed by atoms with Crippen LogP contribution in [-0.2, 0) is 12.7 Å². The van der Waals surface area contributed by atoms with E-state index in [1.54, 1.807) is 61.6 Å². The van der Waals surface area contributed by atoms with Crippen molar-refractivity contribution >= 4 is 17.7 Å². The third-order valence-corrected chi connectivity index (χ3v) is 5.65. The molecule has 1 heterocycles. The Bertz CT molecular complexity index is 1090. The standard InChI is InChI=1S/C24H22ClF3N2O2/c1-29(14-17-7-8-17)23(31)32-22-20(18-9-11-19(25)12-10-18)13-21(24(26,27)28)30(22)15-16-5-3-2-4-6-16/h2-6,9-13,17H,7-8,14-15H2,1H3. The minimum Gasteiger partial charge on any atom is -0.392 e. The van der Waals surface area contributed by atoms with Crippen molar-refractivity contribution in [2.75, 3.05) is 13.6 Å². The maximum atomic E-state index is 14.0. The van der Waals surface area contributed by atoms with Gasteiger partial charge in [-0.25, -0.2) is 4.79 Å². The summed E-state index contributed by atoms with van der Waals surface area (Å²) in [5.74, 6) is 0.279. The van der Waals surface area contributed by atoms with Crippen LogP contribution in [0.15, 0.2) is 60.7 Å². The summed E-state index contributed by atoms with van der Waals surface area (Å²) in [5, 5.41) is 0.455. The minimum atomic E-state index is -4.64. The highest BCUT2D eigenvalue weighted by Gasteiger charge is 2.38. The fourth-order valence-electron chi connectivity index (χ4n) is 3.56. The second-order valence-corrected chi connectivity index (χ2v) is 8.45. The van der Waals surface area contributed by atoms with E-state index < -0.39 is 18.0 Å². The molecular formula is C24H22ClF3N2O2. The summed E-state index contributed by atoms with van der Waals surface area (Å²) < 4.78 is 48.7. The molecule has 1 amide bonds. The van der Waals surface area contributed by atoms with E-state index in [2.05, 4.69) is 0 Å². The van der Waals surface area contributed by atoms with Crippen LogP contribution in [0.2, 0.25) is 5.02 Å². The number of hydrogen-bond donors (Lipinski definition) is 0. The smallest absolute Gasteiger partial charge is 0.392 e. The van der Waals surface area contributed by atoms with Crippen LogP contribution in [-0.4, -0.2) is 29.2 Å². The van der Waals surface area contributed by atoms with Gasteiger partial charge in [-0.3, -0.25) is 0 Å². The summed E-state index contributed by atoms with van der Waals surface area (Å²) in [4.78, 5) is 14.2.